The molecule has 0 bridgehead atoms. The van der Waals surface area contributed by atoms with Crippen molar-refractivity contribution in [2.75, 3.05) is 26.2 Å². The van der Waals surface area contributed by atoms with E-state index in [2.05, 4.69) is 5.32 Å². The van der Waals surface area contributed by atoms with E-state index < -0.39 is 11.6 Å². The van der Waals surface area contributed by atoms with E-state index in [-0.39, 0.29) is 12.3 Å². The van der Waals surface area contributed by atoms with Crippen LogP contribution < -0.4 is 5.32 Å². The van der Waals surface area contributed by atoms with E-state index >= 15 is 0 Å². The summed E-state index contributed by atoms with van der Waals surface area (Å²) in [5.41, 5.74) is 0.527. The van der Waals surface area contributed by atoms with Crippen LogP contribution in [-0.2, 0) is 11.2 Å². The van der Waals surface area contributed by atoms with E-state index in [1.54, 1.807) is 0 Å². The molecule has 1 aromatic rings. The summed E-state index contributed by atoms with van der Waals surface area (Å²) in [6.45, 7) is 3.50. The van der Waals surface area contributed by atoms with Crippen molar-refractivity contribution in [1.29, 1.82) is 0 Å². The second-order valence-corrected chi connectivity index (χ2v) is 5.40. The highest BCUT2D eigenvalue weighted by Gasteiger charge is 2.37. The third-order valence-electron chi connectivity index (χ3n) is 4.08. The van der Waals surface area contributed by atoms with Crippen LogP contribution >= 0.6 is 0 Å². The average molecular weight is 266 g/mol. The first kappa shape index (κ1) is 12.5. The summed E-state index contributed by atoms with van der Waals surface area (Å²) in [7, 11) is 0. The molecule has 0 saturated carbocycles. The minimum Gasteiger partial charge on any atom is -0.342 e. The molecular formula is C14H16F2N2O. The number of rotatable bonds is 2. The van der Waals surface area contributed by atoms with E-state index in [9.17, 15) is 13.6 Å². The molecular weight excluding hydrogens is 250 g/mol. The molecule has 1 amide bonds. The van der Waals surface area contributed by atoms with Gasteiger partial charge in [0.1, 0.15) is 0 Å². The third kappa shape index (κ3) is 2.47. The number of amides is 1. The van der Waals surface area contributed by atoms with Crippen LogP contribution in [0.3, 0.4) is 0 Å². The lowest BCUT2D eigenvalue weighted by Gasteiger charge is -2.17. The topological polar surface area (TPSA) is 32.3 Å². The van der Waals surface area contributed by atoms with E-state index in [0.717, 1.165) is 38.3 Å². The minimum absolute atomic E-state index is 0.000378. The predicted octanol–water partition coefficient (Wildman–Crippen LogP) is 1.19. The second-order valence-electron chi connectivity index (χ2n) is 5.40. The number of nitrogens with one attached hydrogen (secondary N) is 1. The van der Waals surface area contributed by atoms with Gasteiger partial charge < -0.3 is 10.2 Å². The highest BCUT2D eigenvalue weighted by molar-refractivity contribution is 5.79. The Hall–Kier alpha value is -1.49. The molecule has 2 saturated heterocycles. The molecule has 0 aliphatic carbocycles. The predicted molar refractivity (Wildman–Crippen MR) is 66.5 cm³/mol. The van der Waals surface area contributed by atoms with Crippen molar-refractivity contribution in [3.8, 4) is 0 Å². The SMILES string of the molecule is O=C(Cc1ccc(F)c(F)c1)N1C[C@H]2CNC[C@H]2C1. The van der Waals surface area contributed by atoms with Crippen LogP contribution in [0.25, 0.3) is 0 Å². The monoisotopic (exact) mass is 266 g/mol. The van der Waals surface area contributed by atoms with Crippen molar-refractivity contribution in [2.24, 2.45) is 11.8 Å². The van der Waals surface area contributed by atoms with Crippen molar-refractivity contribution < 1.29 is 13.6 Å². The molecule has 3 nitrogen and oxygen atoms in total. The maximum absolute atomic E-state index is 13.1. The number of carbonyl (C=O) groups excluding carboxylic acids is 1. The van der Waals surface area contributed by atoms with Crippen molar-refractivity contribution in [1.82, 2.24) is 10.2 Å². The first-order chi connectivity index (χ1) is 9.13. The van der Waals surface area contributed by atoms with Crippen molar-refractivity contribution in [3.05, 3.63) is 35.4 Å². The summed E-state index contributed by atoms with van der Waals surface area (Å²) >= 11 is 0. The zero-order valence-electron chi connectivity index (χ0n) is 10.5. The number of carbonyl (C=O) groups is 1. The Morgan fingerprint density at radius 3 is 2.53 bits per heavy atom. The highest BCUT2D eigenvalue weighted by Crippen LogP contribution is 2.26. The zero-order chi connectivity index (χ0) is 13.4. The molecule has 0 radical (unpaired) electrons. The first-order valence-corrected chi connectivity index (χ1v) is 6.56. The number of fused-ring (bicyclic) bond motifs is 1. The summed E-state index contributed by atoms with van der Waals surface area (Å²) in [4.78, 5) is 14.0. The van der Waals surface area contributed by atoms with Gasteiger partial charge in [-0.25, -0.2) is 8.78 Å². The van der Waals surface area contributed by atoms with Crippen molar-refractivity contribution >= 4 is 5.91 Å². The maximum Gasteiger partial charge on any atom is 0.227 e. The molecule has 2 atom stereocenters. The number of hydrogen-bond donors (Lipinski definition) is 1. The molecule has 2 heterocycles. The van der Waals surface area contributed by atoms with E-state index in [4.69, 9.17) is 0 Å². The molecule has 3 rings (SSSR count). The molecule has 2 fully saturated rings. The van der Waals surface area contributed by atoms with Gasteiger partial charge in [-0.05, 0) is 29.5 Å². The number of nitrogens with zero attached hydrogens (tertiary/aromatic N) is 1. The molecule has 19 heavy (non-hydrogen) atoms. The highest BCUT2D eigenvalue weighted by atomic mass is 19.2. The molecule has 1 N–H and O–H groups in total. The Labute approximate surface area is 110 Å². The molecule has 5 heteroatoms. The Kier molecular flexibility index (Phi) is 3.22. The normalized spacial score (nSPS) is 25.7. The third-order valence-corrected chi connectivity index (χ3v) is 4.08. The van der Waals surface area contributed by atoms with Gasteiger partial charge in [-0.15, -0.1) is 0 Å². The summed E-state index contributed by atoms with van der Waals surface area (Å²) in [6.07, 6.45) is 0.143. The molecule has 0 spiro atoms. The lowest BCUT2D eigenvalue weighted by Crippen LogP contribution is -2.33. The van der Waals surface area contributed by atoms with Crippen LogP contribution in [0.1, 0.15) is 5.56 Å². The fourth-order valence-corrected chi connectivity index (χ4v) is 3.00. The number of halogens is 2. The first-order valence-electron chi connectivity index (χ1n) is 6.56. The van der Waals surface area contributed by atoms with E-state index in [1.807, 2.05) is 4.90 Å². The fourth-order valence-electron chi connectivity index (χ4n) is 3.00. The fraction of sp³-hybridized carbons (Fsp3) is 0.500. The molecule has 2 aliphatic heterocycles. The van der Waals surface area contributed by atoms with Gasteiger partial charge in [0.2, 0.25) is 5.91 Å². The molecule has 0 unspecified atom stereocenters. The number of likely N-dealkylation sites (tertiary alicyclic amines) is 1. The Bertz CT molecular complexity index is 494. The summed E-state index contributed by atoms with van der Waals surface area (Å²) in [5.74, 6) is -0.672. The number of benzene rings is 1. The molecule has 102 valence electrons. The van der Waals surface area contributed by atoms with Gasteiger partial charge in [0.05, 0.1) is 6.42 Å². The lowest BCUT2D eigenvalue weighted by molar-refractivity contribution is -0.129. The zero-order valence-corrected chi connectivity index (χ0v) is 10.5. The lowest BCUT2D eigenvalue weighted by atomic mass is 10.0. The second kappa shape index (κ2) is 4.89. The summed E-state index contributed by atoms with van der Waals surface area (Å²) in [6, 6.07) is 3.64. The molecule has 2 aliphatic rings. The van der Waals surface area contributed by atoms with Gasteiger partial charge >= 0.3 is 0 Å². The minimum atomic E-state index is -0.896. The summed E-state index contributed by atoms with van der Waals surface area (Å²) in [5, 5.41) is 3.32. The Morgan fingerprint density at radius 1 is 1.21 bits per heavy atom. The van der Waals surface area contributed by atoms with Crippen molar-refractivity contribution in [2.45, 2.75) is 6.42 Å². The van der Waals surface area contributed by atoms with Gasteiger partial charge in [0.25, 0.3) is 0 Å². The summed E-state index contributed by atoms with van der Waals surface area (Å²) < 4.78 is 25.9. The van der Waals surface area contributed by atoms with E-state index in [0.29, 0.717) is 17.4 Å². The van der Waals surface area contributed by atoms with Crippen LogP contribution in [0.15, 0.2) is 18.2 Å². The largest absolute Gasteiger partial charge is 0.342 e. The van der Waals surface area contributed by atoms with Crippen LogP contribution in [0.4, 0.5) is 8.78 Å². The van der Waals surface area contributed by atoms with E-state index in [1.165, 1.54) is 6.07 Å². The smallest absolute Gasteiger partial charge is 0.227 e. The van der Waals surface area contributed by atoms with Crippen LogP contribution in [0.2, 0.25) is 0 Å². The van der Waals surface area contributed by atoms with Gasteiger partial charge in [-0.3, -0.25) is 4.79 Å². The van der Waals surface area contributed by atoms with Gasteiger partial charge in [-0.2, -0.15) is 0 Å². The standard InChI is InChI=1S/C14H16F2N2O/c15-12-2-1-9(3-13(12)16)4-14(19)18-7-10-5-17-6-11(10)8-18/h1-3,10-11,17H,4-8H2/t10-,11+. The van der Waals surface area contributed by atoms with Gasteiger partial charge in [0.15, 0.2) is 11.6 Å². The quantitative estimate of drug-likeness (QED) is 0.872. The van der Waals surface area contributed by atoms with Crippen LogP contribution in [0, 0.1) is 23.5 Å². The number of hydrogen-bond acceptors (Lipinski definition) is 2. The Balaban J connectivity index is 1.63. The van der Waals surface area contributed by atoms with Gasteiger partial charge in [-0.1, -0.05) is 6.07 Å². The Morgan fingerprint density at radius 2 is 1.89 bits per heavy atom. The van der Waals surface area contributed by atoms with Gasteiger partial charge in [0, 0.05) is 26.2 Å². The average Bonchev–Trinajstić information content (AvgIpc) is 2.94. The van der Waals surface area contributed by atoms with Crippen LogP contribution in [0.5, 0.6) is 0 Å². The molecule has 0 aromatic heterocycles. The molecule has 1 aromatic carbocycles. The maximum atomic E-state index is 13.1. The van der Waals surface area contributed by atoms with Crippen molar-refractivity contribution in [3.63, 3.8) is 0 Å². The van der Waals surface area contributed by atoms with Crippen LogP contribution in [-0.4, -0.2) is 37.0 Å².